The molecule has 1 spiro atoms. The molecule has 1 aliphatic heterocycles. The Morgan fingerprint density at radius 2 is 1.77 bits per heavy atom. The molecule has 2 aliphatic rings. The average molecular weight is 181 g/mol. The van der Waals surface area contributed by atoms with E-state index in [0.29, 0.717) is 13.0 Å². The Morgan fingerprint density at radius 3 is 2.38 bits per heavy atom. The fourth-order valence-electron chi connectivity index (χ4n) is 2.49. The predicted octanol–water partition coefficient (Wildman–Crippen LogP) is 1.03. The molecule has 0 unspecified atom stereocenters. The SMILES string of the molecule is O=C1CCNC(=O)C12CCCCC2. The third-order valence-electron chi connectivity index (χ3n) is 3.31. The molecule has 1 N–H and O–H groups in total. The topological polar surface area (TPSA) is 46.2 Å². The number of rotatable bonds is 0. The van der Waals surface area contributed by atoms with Crippen molar-refractivity contribution >= 4 is 11.7 Å². The van der Waals surface area contributed by atoms with Gasteiger partial charge >= 0.3 is 0 Å². The van der Waals surface area contributed by atoms with Gasteiger partial charge in [-0.1, -0.05) is 19.3 Å². The zero-order valence-electron chi connectivity index (χ0n) is 7.77. The lowest BCUT2D eigenvalue weighted by Gasteiger charge is -2.37. The number of Topliss-reactive ketones (excluding diaryl/α,β-unsaturated/α-hetero) is 1. The van der Waals surface area contributed by atoms with E-state index in [-0.39, 0.29) is 11.7 Å². The molecule has 0 radical (unpaired) electrons. The third-order valence-corrected chi connectivity index (χ3v) is 3.31. The Hall–Kier alpha value is -0.860. The van der Waals surface area contributed by atoms with Crippen molar-refractivity contribution in [3.05, 3.63) is 0 Å². The highest BCUT2D eigenvalue weighted by molar-refractivity contribution is 6.08. The van der Waals surface area contributed by atoms with Crippen LogP contribution in [0.2, 0.25) is 0 Å². The number of nitrogens with one attached hydrogen (secondary N) is 1. The Morgan fingerprint density at radius 1 is 1.08 bits per heavy atom. The first kappa shape index (κ1) is 8.73. The minimum Gasteiger partial charge on any atom is -0.355 e. The van der Waals surface area contributed by atoms with Crippen LogP contribution in [-0.4, -0.2) is 18.2 Å². The summed E-state index contributed by atoms with van der Waals surface area (Å²) in [7, 11) is 0. The Kier molecular flexibility index (Phi) is 2.10. The quantitative estimate of drug-likeness (QED) is 0.567. The molecule has 1 saturated heterocycles. The number of hydrogen-bond acceptors (Lipinski definition) is 2. The first-order chi connectivity index (χ1) is 6.26. The largest absolute Gasteiger partial charge is 0.355 e. The summed E-state index contributed by atoms with van der Waals surface area (Å²) in [5.41, 5.74) is -0.615. The molecule has 0 bridgehead atoms. The van der Waals surface area contributed by atoms with Crippen LogP contribution >= 0.6 is 0 Å². The van der Waals surface area contributed by atoms with Crippen molar-refractivity contribution in [1.29, 1.82) is 0 Å². The van der Waals surface area contributed by atoms with Crippen molar-refractivity contribution in [2.24, 2.45) is 5.41 Å². The number of hydrogen-bond donors (Lipinski definition) is 1. The molecular weight excluding hydrogens is 166 g/mol. The lowest BCUT2D eigenvalue weighted by molar-refractivity contribution is -0.147. The van der Waals surface area contributed by atoms with Crippen LogP contribution in [0.3, 0.4) is 0 Å². The average Bonchev–Trinajstić information content (AvgIpc) is 2.16. The summed E-state index contributed by atoms with van der Waals surface area (Å²) >= 11 is 0. The van der Waals surface area contributed by atoms with E-state index >= 15 is 0 Å². The van der Waals surface area contributed by atoms with E-state index in [4.69, 9.17) is 0 Å². The first-order valence-electron chi connectivity index (χ1n) is 5.07. The summed E-state index contributed by atoms with van der Waals surface area (Å²) in [6.07, 6.45) is 5.31. The van der Waals surface area contributed by atoms with E-state index in [2.05, 4.69) is 5.32 Å². The van der Waals surface area contributed by atoms with Crippen LogP contribution in [-0.2, 0) is 9.59 Å². The van der Waals surface area contributed by atoms with Gasteiger partial charge in [0.05, 0.1) is 0 Å². The molecule has 1 amide bonds. The standard InChI is InChI=1S/C10H15NO2/c12-8-4-7-11-9(13)10(8)5-2-1-3-6-10/h1-7H2,(H,11,13). The van der Waals surface area contributed by atoms with Gasteiger partial charge in [0, 0.05) is 13.0 Å². The van der Waals surface area contributed by atoms with Crippen LogP contribution in [0.4, 0.5) is 0 Å². The van der Waals surface area contributed by atoms with Crippen molar-refractivity contribution in [2.45, 2.75) is 38.5 Å². The highest BCUT2D eigenvalue weighted by atomic mass is 16.2. The predicted molar refractivity (Wildman–Crippen MR) is 48.2 cm³/mol. The second kappa shape index (κ2) is 3.13. The monoisotopic (exact) mass is 181 g/mol. The maximum absolute atomic E-state index is 11.7. The van der Waals surface area contributed by atoms with Crippen LogP contribution in [0.1, 0.15) is 38.5 Å². The van der Waals surface area contributed by atoms with Crippen LogP contribution in [0, 0.1) is 5.41 Å². The molecule has 1 heterocycles. The molecule has 1 saturated carbocycles. The maximum atomic E-state index is 11.7. The molecule has 3 nitrogen and oxygen atoms in total. The van der Waals surface area contributed by atoms with Gasteiger partial charge in [0.2, 0.25) is 5.91 Å². The Bertz CT molecular complexity index is 223. The van der Waals surface area contributed by atoms with Gasteiger partial charge in [-0.3, -0.25) is 9.59 Å². The number of carbonyl (C=O) groups is 2. The van der Waals surface area contributed by atoms with Crippen LogP contribution in [0.15, 0.2) is 0 Å². The molecule has 13 heavy (non-hydrogen) atoms. The number of ketones is 1. The van der Waals surface area contributed by atoms with E-state index in [9.17, 15) is 9.59 Å². The van der Waals surface area contributed by atoms with Crippen molar-refractivity contribution in [1.82, 2.24) is 5.32 Å². The maximum Gasteiger partial charge on any atom is 0.233 e. The molecule has 0 aromatic carbocycles. The molecule has 0 aromatic rings. The highest BCUT2D eigenvalue weighted by Gasteiger charge is 2.47. The van der Waals surface area contributed by atoms with Gasteiger partial charge in [-0.15, -0.1) is 0 Å². The summed E-state index contributed by atoms with van der Waals surface area (Å²) in [6, 6.07) is 0. The van der Waals surface area contributed by atoms with E-state index in [1.54, 1.807) is 0 Å². The summed E-state index contributed by atoms with van der Waals surface area (Å²) < 4.78 is 0. The van der Waals surface area contributed by atoms with Gasteiger partial charge < -0.3 is 5.32 Å². The number of carbonyl (C=O) groups excluding carboxylic acids is 2. The zero-order valence-corrected chi connectivity index (χ0v) is 7.77. The minimum atomic E-state index is -0.615. The normalized spacial score (nSPS) is 27.4. The molecule has 2 fully saturated rings. The summed E-state index contributed by atoms with van der Waals surface area (Å²) in [5.74, 6) is 0.166. The molecule has 0 aromatic heterocycles. The molecule has 72 valence electrons. The van der Waals surface area contributed by atoms with E-state index in [1.807, 2.05) is 0 Å². The Balaban J connectivity index is 2.23. The molecular formula is C10H15NO2. The van der Waals surface area contributed by atoms with Gasteiger partial charge in [-0.05, 0) is 12.8 Å². The Labute approximate surface area is 77.9 Å². The first-order valence-corrected chi connectivity index (χ1v) is 5.07. The summed E-state index contributed by atoms with van der Waals surface area (Å²) in [5, 5.41) is 2.81. The molecule has 2 rings (SSSR count). The van der Waals surface area contributed by atoms with Gasteiger partial charge in [0.25, 0.3) is 0 Å². The number of piperidine rings is 1. The van der Waals surface area contributed by atoms with Crippen LogP contribution in [0.25, 0.3) is 0 Å². The lowest BCUT2D eigenvalue weighted by Crippen LogP contribution is -2.52. The second-order valence-electron chi connectivity index (χ2n) is 4.07. The summed E-state index contributed by atoms with van der Waals surface area (Å²) in [6.45, 7) is 0.541. The minimum absolute atomic E-state index is 0.0107. The van der Waals surface area contributed by atoms with Crippen LogP contribution in [0.5, 0.6) is 0 Å². The zero-order chi connectivity index (χ0) is 9.31. The van der Waals surface area contributed by atoms with Crippen LogP contribution < -0.4 is 5.32 Å². The van der Waals surface area contributed by atoms with Crippen molar-refractivity contribution in [3.63, 3.8) is 0 Å². The lowest BCUT2D eigenvalue weighted by atomic mass is 9.68. The van der Waals surface area contributed by atoms with Gasteiger partial charge in [0.1, 0.15) is 11.2 Å². The number of amides is 1. The van der Waals surface area contributed by atoms with E-state index in [0.717, 1.165) is 25.7 Å². The smallest absolute Gasteiger partial charge is 0.233 e. The highest BCUT2D eigenvalue weighted by Crippen LogP contribution is 2.39. The molecule has 1 aliphatic carbocycles. The van der Waals surface area contributed by atoms with Crippen molar-refractivity contribution in [3.8, 4) is 0 Å². The fraction of sp³-hybridized carbons (Fsp3) is 0.800. The van der Waals surface area contributed by atoms with Gasteiger partial charge in [-0.2, -0.15) is 0 Å². The van der Waals surface area contributed by atoms with E-state index in [1.165, 1.54) is 6.42 Å². The second-order valence-corrected chi connectivity index (χ2v) is 4.07. The van der Waals surface area contributed by atoms with Crippen molar-refractivity contribution < 1.29 is 9.59 Å². The molecule has 3 heteroatoms. The van der Waals surface area contributed by atoms with Crippen molar-refractivity contribution in [2.75, 3.05) is 6.54 Å². The van der Waals surface area contributed by atoms with Gasteiger partial charge in [-0.25, -0.2) is 0 Å². The van der Waals surface area contributed by atoms with Gasteiger partial charge in [0.15, 0.2) is 0 Å². The fourth-order valence-corrected chi connectivity index (χ4v) is 2.49. The molecule has 0 atom stereocenters. The third kappa shape index (κ3) is 1.26. The van der Waals surface area contributed by atoms with E-state index < -0.39 is 5.41 Å². The summed E-state index contributed by atoms with van der Waals surface area (Å²) in [4.78, 5) is 23.4.